The van der Waals surface area contributed by atoms with Gasteiger partial charge in [-0.05, 0) is 44.7 Å². The number of nitrogens with one attached hydrogen (secondary N) is 2. The summed E-state index contributed by atoms with van der Waals surface area (Å²) in [5, 5.41) is 3.95. The highest BCUT2D eigenvalue weighted by Gasteiger charge is 2.23. The molecule has 1 aliphatic rings. The number of H-pyrrole nitrogens is 1. The lowest BCUT2D eigenvalue weighted by atomic mass is 9.89. The van der Waals surface area contributed by atoms with Gasteiger partial charge in [-0.1, -0.05) is 6.92 Å². The molecule has 2 heterocycles. The van der Waals surface area contributed by atoms with E-state index in [2.05, 4.69) is 22.2 Å². The molecule has 2 atom stereocenters. The van der Waals surface area contributed by atoms with Crippen molar-refractivity contribution in [2.24, 2.45) is 5.92 Å². The van der Waals surface area contributed by atoms with E-state index >= 15 is 0 Å². The van der Waals surface area contributed by atoms with Crippen LogP contribution in [0.2, 0.25) is 0 Å². The van der Waals surface area contributed by atoms with Gasteiger partial charge in [0, 0.05) is 4.88 Å². The Morgan fingerprint density at radius 2 is 2.32 bits per heavy atom. The van der Waals surface area contributed by atoms with Crippen LogP contribution in [0.5, 0.6) is 0 Å². The van der Waals surface area contributed by atoms with Gasteiger partial charge in [-0.3, -0.25) is 4.79 Å². The normalized spacial score (nSPS) is 20.5. The minimum Gasteiger partial charge on any atom is -0.311 e. The van der Waals surface area contributed by atoms with Crippen LogP contribution in [0.25, 0.3) is 10.2 Å². The molecular weight excluding hydrogens is 258 g/mol. The Morgan fingerprint density at radius 1 is 1.53 bits per heavy atom. The summed E-state index contributed by atoms with van der Waals surface area (Å²) in [6.45, 7) is 4.28. The van der Waals surface area contributed by atoms with Crippen molar-refractivity contribution in [1.29, 1.82) is 0 Å². The first-order valence-electron chi connectivity index (χ1n) is 6.82. The smallest absolute Gasteiger partial charge is 0.259 e. The molecule has 2 N–H and O–H groups in total. The van der Waals surface area contributed by atoms with Gasteiger partial charge in [-0.2, -0.15) is 0 Å². The third-order valence-corrected chi connectivity index (χ3v) is 5.18. The van der Waals surface area contributed by atoms with E-state index in [0.29, 0.717) is 0 Å². The summed E-state index contributed by atoms with van der Waals surface area (Å²) in [7, 11) is 1.87. The van der Waals surface area contributed by atoms with Crippen molar-refractivity contribution < 1.29 is 0 Å². The van der Waals surface area contributed by atoms with Crippen LogP contribution < -0.4 is 10.9 Å². The molecule has 3 rings (SSSR count). The highest BCUT2D eigenvalue weighted by molar-refractivity contribution is 7.18. The molecule has 0 unspecified atom stereocenters. The van der Waals surface area contributed by atoms with Crippen LogP contribution in [0.15, 0.2) is 4.79 Å². The van der Waals surface area contributed by atoms with Crippen LogP contribution in [0.4, 0.5) is 0 Å². The molecule has 2 aromatic rings. The molecule has 0 saturated heterocycles. The molecule has 1 aliphatic carbocycles. The molecule has 19 heavy (non-hydrogen) atoms. The Hall–Kier alpha value is -1.20. The lowest BCUT2D eigenvalue weighted by Gasteiger charge is -2.17. The average molecular weight is 277 g/mol. The summed E-state index contributed by atoms with van der Waals surface area (Å²) in [5.41, 5.74) is 1.27. The van der Waals surface area contributed by atoms with E-state index in [4.69, 9.17) is 0 Å². The standard InChI is InChI=1S/C14H19N3OS/c1-7-4-5-9-10(6-7)19-14-11(9)13(18)16-12(17-14)8(2)15-3/h7-8,15H,4-6H2,1-3H3,(H,16,17,18)/t7-,8-/m1/s1. The highest BCUT2D eigenvalue weighted by atomic mass is 32.1. The molecular formula is C14H19N3OS. The zero-order valence-corrected chi connectivity index (χ0v) is 12.4. The van der Waals surface area contributed by atoms with E-state index in [0.717, 1.165) is 34.8 Å². The van der Waals surface area contributed by atoms with Crippen LogP contribution in [0, 0.1) is 5.92 Å². The Morgan fingerprint density at radius 3 is 3.05 bits per heavy atom. The quantitative estimate of drug-likeness (QED) is 0.886. The number of aryl methyl sites for hydroxylation is 1. The lowest BCUT2D eigenvalue weighted by Crippen LogP contribution is -2.20. The van der Waals surface area contributed by atoms with Crippen molar-refractivity contribution in [3.63, 3.8) is 0 Å². The summed E-state index contributed by atoms with van der Waals surface area (Å²) in [6, 6.07) is 0.0650. The Labute approximate surface area is 116 Å². The zero-order valence-electron chi connectivity index (χ0n) is 11.5. The van der Waals surface area contributed by atoms with Gasteiger partial charge in [0.1, 0.15) is 10.7 Å². The van der Waals surface area contributed by atoms with Crippen molar-refractivity contribution >= 4 is 21.6 Å². The molecule has 0 aliphatic heterocycles. The van der Waals surface area contributed by atoms with E-state index in [1.165, 1.54) is 16.9 Å². The van der Waals surface area contributed by atoms with Crippen LogP contribution in [0.3, 0.4) is 0 Å². The average Bonchev–Trinajstić information content (AvgIpc) is 2.75. The van der Waals surface area contributed by atoms with Gasteiger partial charge >= 0.3 is 0 Å². The monoisotopic (exact) mass is 277 g/mol. The van der Waals surface area contributed by atoms with Gasteiger partial charge in [0.05, 0.1) is 11.4 Å². The molecule has 0 bridgehead atoms. The molecule has 0 radical (unpaired) electrons. The van der Waals surface area contributed by atoms with Gasteiger partial charge in [-0.15, -0.1) is 11.3 Å². The maximum atomic E-state index is 12.3. The summed E-state index contributed by atoms with van der Waals surface area (Å²) in [4.78, 5) is 22.1. The maximum Gasteiger partial charge on any atom is 0.259 e. The van der Waals surface area contributed by atoms with Crippen LogP contribution in [-0.2, 0) is 12.8 Å². The topological polar surface area (TPSA) is 57.8 Å². The van der Waals surface area contributed by atoms with Crippen LogP contribution >= 0.6 is 11.3 Å². The van der Waals surface area contributed by atoms with Gasteiger partial charge in [0.25, 0.3) is 5.56 Å². The molecule has 4 nitrogen and oxygen atoms in total. The van der Waals surface area contributed by atoms with E-state index < -0.39 is 0 Å². The number of rotatable bonds is 2. The minimum absolute atomic E-state index is 0.0224. The molecule has 102 valence electrons. The molecule has 0 saturated carbocycles. The van der Waals surface area contributed by atoms with Crippen LogP contribution in [-0.4, -0.2) is 17.0 Å². The van der Waals surface area contributed by atoms with Crippen molar-refractivity contribution in [2.45, 2.75) is 39.2 Å². The number of nitrogens with zero attached hydrogens (tertiary/aromatic N) is 1. The maximum absolute atomic E-state index is 12.3. The SMILES string of the molecule is CN[C@H](C)c1nc2sc3c(c2c(=O)[nH]1)CC[C@@H](C)C3. The van der Waals surface area contributed by atoms with Crippen molar-refractivity contribution in [3.8, 4) is 0 Å². The van der Waals surface area contributed by atoms with Crippen molar-refractivity contribution in [2.75, 3.05) is 7.05 Å². The van der Waals surface area contributed by atoms with Crippen molar-refractivity contribution in [3.05, 3.63) is 26.6 Å². The first-order valence-corrected chi connectivity index (χ1v) is 7.63. The molecule has 0 amide bonds. The number of thiophene rings is 1. The fourth-order valence-electron chi connectivity index (χ4n) is 2.71. The fourth-order valence-corrected chi connectivity index (χ4v) is 4.10. The summed E-state index contributed by atoms with van der Waals surface area (Å²) in [6.07, 6.45) is 3.28. The summed E-state index contributed by atoms with van der Waals surface area (Å²) >= 11 is 1.70. The fraction of sp³-hybridized carbons (Fsp3) is 0.571. The summed E-state index contributed by atoms with van der Waals surface area (Å²) in [5.74, 6) is 1.45. The second-order valence-corrected chi connectivity index (χ2v) is 6.58. The number of aromatic nitrogens is 2. The van der Waals surface area contributed by atoms with Gasteiger partial charge in [0.15, 0.2) is 0 Å². The zero-order chi connectivity index (χ0) is 13.6. The number of hydrogen-bond acceptors (Lipinski definition) is 4. The molecule has 2 aromatic heterocycles. The van der Waals surface area contributed by atoms with E-state index in [1.807, 2.05) is 14.0 Å². The highest BCUT2D eigenvalue weighted by Crippen LogP contribution is 2.35. The third-order valence-electron chi connectivity index (χ3n) is 4.03. The second-order valence-electron chi connectivity index (χ2n) is 5.49. The Kier molecular flexibility index (Phi) is 3.19. The van der Waals surface area contributed by atoms with Gasteiger partial charge < -0.3 is 10.3 Å². The minimum atomic E-state index is 0.0224. The Balaban J connectivity index is 2.19. The third kappa shape index (κ3) is 2.11. The van der Waals surface area contributed by atoms with Gasteiger partial charge in [-0.25, -0.2) is 4.98 Å². The second kappa shape index (κ2) is 4.72. The molecule has 5 heteroatoms. The molecule has 0 aromatic carbocycles. The number of aromatic amines is 1. The van der Waals surface area contributed by atoms with Crippen LogP contribution in [0.1, 0.15) is 42.6 Å². The van der Waals surface area contributed by atoms with E-state index in [1.54, 1.807) is 11.3 Å². The van der Waals surface area contributed by atoms with Gasteiger partial charge in [0.2, 0.25) is 0 Å². The predicted molar refractivity (Wildman–Crippen MR) is 78.9 cm³/mol. The first-order chi connectivity index (χ1) is 9.10. The van der Waals surface area contributed by atoms with E-state index in [-0.39, 0.29) is 11.6 Å². The molecule has 0 spiro atoms. The Bertz CT molecular complexity index is 673. The number of fused-ring (bicyclic) bond motifs is 3. The number of hydrogen-bond donors (Lipinski definition) is 2. The molecule has 0 fully saturated rings. The largest absolute Gasteiger partial charge is 0.311 e. The lowest BCUT2D eigenvalue weighted by molar-refractivity contribution is 0.509. The van der Waals surface area contributed by atoms with E-state index in [9.17, 15) is 4.79 Å². The van der Waals surface area contributed by atoms with Crippen molar-refractivity contribution in [1.82, 2.24) is 15.3 Å². The predicted octanol–water partition coefficient (Wildman–Crippen LogP) is 2.39. The summed E-state index contributed by atoms with van der Waals surface area (Å²) < 4.78 is 0. The first kappa shape index (κ1) is 12.8.